The summed E-state index contributed by atoms with van der Waals surface area (Å²) in [5, 5.41) is 13.4. The number of benzene rings is 1. The van der Waals surface area contributed by atoms with Crippen molar-refractivity contribution >= 4 is 29.2 Å². The van der Waals surface area contributed by atoms with Crippen LogP contribution < -0.4 is 5.43 Å². The van der Waals surface area contributed by atoms with Gasteiger partial charge in [0, 0.05) is 11.8 Å². The molecule has 1 heterocycles. The highest BCUT2D eigenvalue weighted by Crippen LogP contribution is 2.24. The fourth-order valence-electron chi connectivity index (χ4n) is 1.57. The largest absolute Gasteiger partial charge is 0.476 e. The van der Waals surface area contributed by atoms with E-state index in [4.69, 9.17) is 28.3 Å². The molecular formula is C12H8Cl2N2O3. The van der Waals surface area contributed by atoms with Crippen molar-refractivity contribution in [3.05, 3.63) is 55.9 Å². The molecule has 0 aliphatic heterocycles. The summed E-state index contributed by atoms with van der Waals surface area (Å²) in [6, 6.07) is 5.95. The third-order valence-electron chi connectivity index (χ3n) is 2.46. The summed E-state index contributed by atoms with van der Waals surface area (Å²) in [5.74, 6) is -1.38. The smallest absolute Gasteiger partial charge is 0.360 e. The molecule has 5 nitrogen and oxygen atoms in total. The Morgan fingerprint density at radius 1 is 1.26 bits per heavy atom. The molecule has 2 aromatic rings. The molecule has 0 amide bonds. The third-order valence-corrected chi connectivity index (χ3v) is 3.20. The van der Waals surface area contributed by atoms with Gasteiger partial charge < -0.3 is 5.11 Å². The molecule has 2 rings (SSSR count). The van der Waals surface area contributed by atoms with Crippen LogP contribution in [0.4, 0.5) is 0 Å². The second kappa shape index (κ2) is 5.03. The Labute approximate surface area is 118 Å². The standard InChI is InChI=1S/C12H8Cl2N2O3/c1-6-4-10(17)11(12(18)19)15-16(6)7-2-3-8(13)9(14)5-7/h2-5H,1H3,(H,18,19). The van der Waals surface area contributed by atoms with Gasteiger partial charge in [-0.25, -0.2) is 9.48 Å². The van der Waals surface area contributed by atoms with Crippen LogP contribution in [0.2, 0.25) is 10.0 Å². The zero-order valence-electron chi connectivity index (χ0n) is 9.72. The van der Waals surface area contributed by atoms with Gasteiger partial charge in [-0.3, -0.25) is 4.79 Å². The molecule has 0 unspecified atom stereocenters. The molecule has 0 spiro atoms. The number of hydrogen-bond acceptors (Lipinski definition) is 3. The second-order valence-electron chi connectivity index (χ2n) is 3.81. The van der Waals surface area contributed by atoms with Crippen molar-refractivity contribution in [2.24, 2.45) is 0 Å². The van der Waals surface area contributed by atoms with Gasteiger partial charge >= 0.3 is 5.97 Å². The van der Waals surface area contributed by atoms with Crippen LogP contribution in [-0.4, -0.2) is 20.9 Å². The summed E-state index contributed by atoms with van der Waals surface area (Å²) in [7, 11) is 0. The first kappa shape index (κ1) is 13.6. The molecule has 0 bridgehead atoms. The van der Waals surface area contributed by atoms with Crippen molar-refractivity contribution in [1.29, 1.82) is 0 Å². The Bertz CT molecular complexity index is 725. The van der Waals surface area contributed by atoms with Crippen molar-refractivity contribution in [3.63, 3.8) is 0 Å². The maximum absolute atomic E-state index is 11.5. The fraction of sp³-hybridized carbons (Fsp3) is 0.0833. The SMILES string of the molecule is Cc1cc(=O)c(C(=O)O)nn1-c1ccc(Cl)c(Cl)c1. The number of carbonyl (C=O) groups is 1. The predicted octanol–water partition coefficient (Wildman–Crippen LogP) is 2.55. The molecule has 0 saturated heterocycles. The highest BCUT2D eigenvalue weighted by Gasteiger charge is 2.14. The Morgan fingerprint density at radius 2 is 1.95 bits per heavy atom. The molecule has 7 heteroatoms. The summed E-state index contributed by atoms with van der Waals surface area (Å²) < 4.78 is 1.33. The number of hydrogen-bond donors (Lipinski definition) is 1. The topological polar surface area (TPSA) is 72.2 Å². The molecule has 1 N–H and O–H groups in total. The van der Waals surface area contributed by atoms with E-state index in [1.807, 2.05) is 0 Å². The van der Waals surface area contributed by atoms with E-state index in [1.54, 1.807) is 25.1 Å². The average Bonchev–Trinajstić information content (AvgIpc) is 2.32. The van der Waals surface area contributed by atoms with Crippen molar-refractivity contribution in [3.8, 4) is 5.69 Å². The van der Waals surface area contributed by atoms with Crippen LogP contribution in [0, 0.1) is 6.92 Å². The number of carboxylic acids is 1. The molecule has 0 aliphatic carbocycles. The summed E-state index contributed by atoms with van der Waals surface area (Å²) >= 11 is 11.7. The molecule has 0 fully saturated rings. The minimum atomic E-state index is -1.38. The molecule has 1 aromatic carbocycles. The summed E-state index contributed by atoms with van der Waals surface area (Å²) in [6.45, 7) is 1.64. The van der Waals surface area contributed by atoms with Crippen molar-refractivity contribution in [1.82, 2.24) is 9.78 Å². The lowest BCUT2D eigenvalue weighted by Crippen LogP contribution is -2.22. The number of halogens is 2. The summed E-state index contributed by atoms with van der Waals surface area (Å²) in [6.07, 6.45) is 0. The van der Waals surface area contributed by atoms with Crippen LogP contribution in [0.25, 0.3) is 5.69 Å². The van der Waals surface area contributed by atoms with Crippen LogP contribution in [0.5, 0.6) is 0 Å². The monoisotopic (exact) mass is 298 g/mol. The molecule has 19 heavy (non-hydrogen) atoms. The van der Waals surface area contributed by atoms with Gasteiger partial charge in [0.05, 0.1) is 15.7 Å². The Morgan fingerprint density at radius 3 is 2.53 bits per heavy atom. The van der Waals surface area contributed by atoms with E-state index in [9.17, 15) is 9.59 Å². The molecule has 1 aromatic heterocycles. The Balaban J connectivity index is 2.68. The molecule has 98 valence electrons. The Kier molecular flexibility index (Phi) is 3.59. The first-order valence-corrected chi connectivity index (χ1v) is 5.95. The van der Waals surface area contributed by atoms with Gasteiger partial charge in [0.15, 0.2) is 0 Å². The summed E-state index contributed by atoms with van der Waals surface area (Å²) in [5.41, 5.74) is -0.166. The van der Waals surface area contributed by atoms with E-state index in [-0.39, 0.29) is 0 Å². The Hall–Kier alpha value is -1.85. The summed E-state index contributed by atoms with van der Waals surface area (Å²) in [4.78, 5) is 22.4. The number of aromatic carboxylic acids is 1. The van der Waals surface area contributed by atoms with Crippen LogP contribution in [0.3, 0.4) is 0 Å². The lowest BCUT2D eigenvalue weighted by atomic mass is 10.3. The number of carboxylic acid groups (broad SMARTS) is 1. The maximum Gasteiger partial charge on any atom is 0.360 e. The van der Waals surface area contributed by atoms with E-state index in [0.717, 1.165) is 0 Å². The zero-order chi connectivity index (χ0) is 14.2. The van der Waals surface area contributed by atoms with Crippen LogP contribution in [0.15, 0.2) is 29.1 Å². The maximum atomic E-state index is 11.5. The molecule has 0 radical (unpaired) electrons. The van der Waals surface area contributed by atoms with Gasteiger partial charge in [0.2, 0.25) is 11.1 Å². The van der Waals surface area contributed by atoms with E-state index >= 15 is 0 Å². The first-order chi connectivity index (χ1) is 8.90. The van der Waals surface area contributed by atoms with E-state index < -0.39 is 17.1 Å². The van der Waals surface area contributed by atoms with Crippen LogP contribution in [-0.2, 0) is 0 Å². The third kappa shape index (κ3) is 2.62. The number of aromatic nitrogens is 2. The zero-order valence-corrected chi connectivity index (χ0v) is 11.2. The molecule has 0 saturated carbocycles. The number of nitrogens with zero attached hydrogens (tertiary/aromatic N) is 2. The second-order valence-corrected chi connectivity index (χ2v) is 4.63. The van der Waals surface area contributed by atoms with E-state index in [2.05, 4.69) is 5.10 Å². The van der Waals surface area contributed by atoms with Gasteiger partial charge in [-0.05, 0) is 25.1 Å². The van der Waals surface area contributed by atoms with Gasteiger partial charge in [0.1, 0.15) is 0 Å². The molecular weight excluding hydrogens is 291 g/mol. The highest BCUT2D eigenvalue weighted by molar-refractivity contribution is 6.42. The highest BCUT2D eigenvalue weighted by atomic mass is 35.5. The van der Waals surface area contributed by atoms with Crippen molar-refractivity contribution in [2.45, 2.75) is 6.92 Å². The normalized spacial score (nSPS) is 10.5. The van der Waals surface area contributed by atoms with Crippen LogP contribution in [0.1, 0.15) is 16.2 Å². The number of aryl methyl sites for hydroxylation is 1. The van der Waals surface area contributed by atoms with Gasteiger partial charge in [-0.1, -0.05) is 23.2 Å². The van der Waals surface area contributed by atoms with Gasteiger partial charge in [-0.15, -0.1) is 0 Å². The van der Waals surface area contributed by atoms with Gasteiger partial charge in [-0.2, -0.15) is 5.10 Å². The molecule has 0 aliphatic rings. The lowest BCUT2D eigenvalue weighted by molar-refractivity contribution is 0.0686. The van der Waals surface area contributed by atoms with E-state index in [1.165, 1.54) is 10.7 Å². The van der Waals surface area contributed by atoms with Gasteiger partial charge in [0.25, 0.3) is 0 Å². The van der Waals surface area contributed by atoms with Crippen molar-refractivity contribution < 1.29 is 9.90 Å². The molecule has 0 atom stereocenters. The number of rotatable bonds is 2. The quantitative estimate of drug-likeness (QED) is 0.925. The average molecular weight is 299 g/mol. The van der Waals surface area contributed by atoms with E-state index in [0.29, 0.717) is 21.4 Å². The van der Waals surface area contributed by atoms with Crippen molar-refractivity contribution in [2.75, 3.05) is 0 Å². The minimum Gasteiger partial charge on any atom is -0.476 e. The lowest BCUT2D eigenvalue weighted by Gasteiger charge is -2.10. The first-order valence-electron chi connectivity index (χ1n) is 5.20. The minimum absolute atomic E-state index is 0.316. The fourth-order valence-corrected chi connectivity index (χ4v) is 1.87. The predicted molar refractivity (Wildman–Crippen MR) is 71.6 cm³/mol. The van der Waals surface area contributed by atoms with Crippen LogP contribution >= 0.6 is 23.2 Å².